The van der Waals surface area contributed by atoms with Crippen molar-refractivity contribution < 1.29 is 9.13 Å². The molecule has 2 nitrogen and oxygen atoms in total. The van der Waals surface area contributed by atoms with Crippen LogP contribution in [0.15, 0.2) is 30.3 Å². The second-order valence-corrected chi connectivity index (χ2v) is 5.21. The third-order valence-electron chi connectivity index (χ3n) is 2.98. The lowest BCUT2D eigenvalue weighted by molar-refractivity contribution is 0.411. The topological polar surface area (TPSA) is 21.3 Å². The van der Waals surface area contributed by atoms with E-state index in [1.165, 1.54) is 13.2 Å². The monoisotopic (exact) mass is 313 g/mol. The summed E-state index contributed by atoms with van der Waals surface area (Å²) in [6.07, 6.45) is 0. The first-order valence-electron chi connectivity index (χ1n) is 6.03. The molecule has 0 amide bonds. The van der Waals surface area contributed by atoms with Crippen LogP contribution in [0, 0.1) is 12.7 Å². The van der Waals surface area contributed by atoms with Crippen molar-refractivity contribution in [1.82, 2.24) is 0 Å². The lowest BCUT2D eigenvalue weighted by atomic mass is 10.2. The zero-order valence-electron chi connectivity index (χ0n) is 11.1. The predicted octanol–water partition coefficient (Wildman–Crippen LogP) is 5.06. The fourth-order valence-corrected chi connectivity index (χ4v) is 2.22. The first-order chi connectivity index (χ1) is 9.51. The van der Waals surface area contributed by atoms with E-state index in [0.717, 1.165) is 5.56 Å². The maximum absolute atomic E-state index is 13.8. The van der Waals surface area contributed by atoms with Crippen LogP contribution in [-0.4, -0.2) is 7.11 Å². The Morgan fingerprint density at radius 2 is 1.90 bits per heavy atom. The third kappa shape index (κ3) is 3.35. The van der Waals surface area contributed by atoms with Crippen LogP contribution in [0.2, 0.25) is 10.0 Å². The number of hydrogen-bond acceptors (Lipinski definition) is 2. The van der Waals surface area contributed by atoms with E-state index in [-0.39, 0.29) is 5.82 Å². The van der Waals surface area contributed by atoms with Crippen LogP contribution < -0.4 is 10.1 Å². The standard InChI is InChI=1S/C15H14Cl2FNO/c1-9-5-13(17)15(7-12(9)16)19-8-10-3-4-11(20-2)6-14(10)18/h3-7,19H,8H2,1-2H3. The number of halogens is 3. The molecular formula is C15H14Cl2FNO. The van der Waals surface area contributed by atoms with Crippen molar-refractivity contribution >= 4 is 28.9 Å². The quantitative estimate of drug-likeness (QED) is 0.851. The molecular weight excluding hydrogens is 300 g/mol. The van der Waals surface area contributed by atoms with Gasteiger partial charge in [0.2, 0.25) is 0 Å². The fraction of sp³-hybridized carbons (Fsp3) is 0.200. The number of aryl methyl sites for hydroxylation is 1. The highest BCUT2D eigenvalue weighted by Gasteiger charge is 2.07. The first-order valence-corrected chi connectivity index (χ1v) is 6.79. The second kappa shape index (κ2) is 6.33. The molecule has 0 spiro atoms. The van der Waals surface area contributed by atoms with Crippen molar-refractivity contribution in [2.75, 3.05) is 12.4 Å². The summed E-state index contributed by atoms with van der Waals surface area (Å²) in [5, 5.41) is 4.25. The van der Waals surface area contributed by atoms with Gasteiger partial charge >= 0.3 is 0 Å². The number of nitrogens with one attached hydrogen (secondary N) is 1. The number of benzene rings is 2. The van der Waals surface area contributed by atoms with Gasteiger partial charge in [-0.05, 0) is 30.7 Å². The smallest absolute Gasteiger partial charge is 0.131 e. The molecule has 0 aliphatic rings. The van der Waals surface area contributed by atoms with Gasteiger partial charge in [0.1, 0.15) is 11.6 Å². The molecule has 0 heterocycles. The van der Waals surface area contributed by atoms with Gasteiger partial charge in [-0.15, -0.1) is 0 Å². The van der Waals surface area contributed by atoms with Crippen LogP contribution in [0.5, 0.6) is 5.75 Å². The summed E-state index contributed by atoms with van der Waals surface area (Å²) in [5.74, 6) is 0.161. The van der Waals surface area contributed by atoms with Crippen molar-refractivity contribution in [2.45, 2.75) is 13.5 Å². The number of anilines is 1. The highest BCUT2D eigenvalue weighted by Crippen LogP contribution is 2.29. The van der Waals surface area contributed by atoms with E-state index in [0.29, 0.717) is 33.6 Å². The van der Waals surface area contributed by atoms with Gasteiger partial charge in [-0.25, -0.2) is 4.39 Å². The highest BCUT2D eigenvalue weighted by atomic mass is 35.5. The molecule has 20 heavy (non-hydrogen) atoms. The van der Waals surface area contributed by atoms with Crippen molar-refractivity contribution in [2.24, 2.45) is 0 Å². The van der Waals surface area contributed by atoms with E-state index in [1.807, 2.05) is 6.92 Å². The Morgan fingerprint density at radius 1 is 1.15 bits per heavy atom. The Hall–Kier alpha value is -1.45. The summed E-state index contributed by atoms with van der Waals surface area (Å²) in [4.78, 5) is 0. The summed E-state index contributed by atoms with van der Waals surface area (Å²) in [6.45, 7) is 2.19. The zero-order valence-corrected chi connectivity index (χ0v) is 12.6. The predicted molar refractivity (Wildman–Crippen MR) is 81.5 cm³/mol. The molecule has 0 aromatic heterocycles. The summed E-state index contributed by atoms with van der Waals surface area (Å²) in [7, 11) is 1.50. The summed E-state index contributed by atoms with van der Waals surface area (Å²) >= 11 is 12.2. The Kier molecular flexibility index (Phi) is 4.73. The minimum atomic E-state index is -0.328. The Morgan fingerprint density at radius 3 is 2.55 bits per heavy atom. The van der Waals surface area contributed by atoms with Crippen molar-refractivity contribution in [3.63, 3.8) is 0 Å². The van der Waals surface area contributed by atoms with Gasteiger partial charge in [0.05, 0.1) is 17.8 Å². The average Bonchev–Trinajstić information content (AvgIpc) is 2.42. The van der Waals surface area contributed by atoms with E-state index < -0.39 is 0 Å². The molecule has 0 saturated carbocycles. The van der Waals surface area contributed by atoms with E-state index in [4.69, 9.17) is 27.9 Å². The van der Waals surface area contributed by atoms with Crippen LogP contribution in [0.3, 0.4) is 0 Å². The molecule has 0 bridgehead atoms. The molecule has 0 atom stereocenters. The molecule has 0 saturated heterocycles. The maximum atomic E-state index is 13.8. The van der Waals surface area contributed by atoms with Crippen molar-refractivity contribution in [3.8, 4) is 5.75 Å². The Balaban J connectivity index is 2.15. The molecule has 0 aliphatic carbocycles. The van der Waals surface area contributed by atoms with Crippen LogP contribution in [0.25, 0.3) is 0 Å². The summed E-state index contributed by atoms with van der Waals surface area (Å²) in [5.41, 5.74) is 2.11. The number of hydrogen-bond donors (Lipinski definition) is 1. The van der Waals surface area contributed by atoms with Crippen molar-refractivity contribution in [3.05, 3.63) is 57.3 Å². The van der Waals surface area contributed by atoms with E-state index in [1.54, 1.807) is 24.3 Å². The molecule has 2 aromatic rings. The van der Waals surface area contributed by atoms with Gasteiger partial charge < -0.3 is 10.1 Å². The van der Waals surface area contributed by atoms with E-state index in [2.05, 4.69) is 5.32 Å². The average molecular weight is 314 g/mol. The van der Waals surface area contributed by atoms with E-state index >= 15 is 0 Å². The molecule has 0 aliphatic heterocycles. The largest absolute Gasteiger partial charge is 0.497 e. The Bertz CT molecular complexity index is 632. The van der Waals surface area contributed by atoms with Crippen molar-refractivity contribution in [1.29, 1.82) is 0 Å². The molecule has 0 fully saturated rings. The maximum Gasteiger partial charge on any atom is 0.131 e. The van der Waals surface area contributed by atoms with Crippen LogP contribution in [0.1, 0.15) is 11.1 Å². The molecule has 5 heteroatoms. The minimum absolute atomic E-state index is 0.314. The highest BCUT2D eigenvalue weighted by molar-refractivity contribution is 6.35. The van der Waals surface area contributed by atoms with Gasteiger partial charge in [0, 0.05) is 23.2 Å². The van der Waals surface area contributed by atoms with Crippen LogP contribution in [-0.2, 0) is 6.54 Å². The number of ether oxygens (including phenoxy) is 1. The van der Waals surface area contributed by atoms with Gasteiger partial charge in [-0.1, -0.05) is 29.3 Å². The molecule has 0 unspecified atom stereocenters. The van der Waals surface area contributed by atoms with Crippen LogP contribution >= 0.6 is 23.2 Å². The lowest BCUT2D eigenvalue weighted by Gasteiger charge is -2.11. The second-order valence-electron chi connectivity index (χ2n) is 4.39. The summed E-state index contributed by atoms with van der Waals surface area (Å²) in [6, 6.07) is 8.24. The molecule has 1 N–H and O–H groups in total. The summed E-state index contributed by atoms with van der Waals surface area (Å²) < 4.78 is 18.8. The number of methoxy groups -OCH3 is 1. The van der Waals surface area contributed by atoms with E-state index in [9.17, 15) is 4.39 Å². The fourth-order valence-electron chi connectivity index (χ4n) is 1.77. The van der Waals surface area contributed by atoms with Gasteiger partial charge in [-0.3, -0.25) is 0 Å². The zero-order chi connectivity index (χ0) is 14.7. The normalized spacial score (nSPS) is 10.4. The minimum Gasteiger partial charge on any atom is -0.497 e. The Labute approximate surface area is 127 Å². The molecule has 0 radical (unpaired) electrons. The molecule has 2 aromatic carbocycles. The molecule has 2 rings (SSSR count). The number of rotatable bonds is 4. The SMILES string of the molecule is COc1ccc(CNc2cc(Cl)c(C)cc2Cl)c(F)c1. The lowest BCUT2D eigenvalue weighted by Crippen LogP contribution is -2.03. The first kappa shape index (κ1) is 14.9. The molecule has 106 valence electrons. The van der Waals surface area contributed by atoms with Gasteiger partial charge in [0.15, 0.2) is 0 Å². The van der Waals surface area contributed by atoms with Crippen LogP contribution in [0.4, 0.5) is 10.1 Å². The van der Waals surface area contributed by atoms with Gasteiger partial charge in [0.25, 0.3) is 0 Å². The third-order valence-corrected chi connectivity index (χ3v) is 3.70. The van der Waals surface area contributed by atoms with Gasteiger partial charge in [-0.2, -0.15) is 0 Å².